The van der Waals surface area contributed by atoms with Crippen molar-refractivity contribution in [1.82, 2.24) is 19.8 Å². The third-order valence-corrected chi connectivity index (χ3v) is 6.49. The van der Waals surface area contributed by atoms with E-state index in [0.717, 1.165) is 37.8 Å². The third-order valence-electron chi connectivity index (χ3n) is 6.49. The van der Waals surface area contributed by atoms with Crippen LogP contribution in [0.25, 0.3) is 0 Å². The average molecular weight is 380 g/mol. The fraction of sp³-hybridized carbons (Fsp3) is 0.565. The van der Waals surface area contributed by atoms with Crippen molar-refractivity contribution in [3.05, 3.63) is 54.1 Å². The quantitative estimate of drug-likeness (QED) is 0.636. The first kappa shape index (κ1) is 19.0. The van der Waals surface area contributed by atoms with Crippen LogP contribution in [0.15, 0.2) is 47.7 Å². The molecule has 0 bridgehead atoms. The lowest BCUT2D eigenvalue weighted by atomic mass is 9.73. The fourth-order valence-electron chi connectivity index (χ4n) is 4.94. The van der Waals surface area contributed by atoms with Crippen LogP contribution in [0.5, 0.6) is 0 Å². The van der Waals surface area contributed by atoms with Gasteiger partial charge in [-0.1, -0.05) is 49.6 Å². The molecule has 1 N–H and O–H groups in total. The van der Waals surface area contributed by atoms with Crippen LogP contribution >= 0.6 is 0 Å². The van der Waals surface area contributed by atoms with Gasteiger partial charge in [-0.25, -0.2) is 4.98 Å². The number of nitrogens with zero attached hydrogens (tertiary/aromatic N) is 4. The fourth-order valence-corrected chi connectivity index (χ4v) is 4.94. The number of benzene rings is 1. The summed E-state index contributed by atoms with van der Waals surface area (Å²) in [4.78, 5) is 11.6. The van der Waals surface area contributed by atoms with Crippen molar-refractivity contribution in [3.8, 4) is 0 Å². The molecule has 4 rings (SSSR count). The van der Waals surface area contributed by atoms with Gasteiger partial charge in [0.15, 0.2) is 5.96 Å². The smallest absolute Gasteiger partial charge is 0.193 e. The summed E-state index contributed by atoms with van der Waals surface area (Å²) in [5.74, 6) is 2.18. The first-order valence-corrected chi connectivity index (χ1v) is 10.8. The second-order valence-electron chi connectivity index (χ2n) is 8.41. The van der Waals surface area contributed by atoms with Crippen molar-refractivity contribution in [2.24, 2.45) is 10.4 Å². The Hall–Kier alpha value is -2.30. The van der Waals surface area contributed by atoms with Crippen molar-refractivity contribution in [2.45, 2.75) is 51.5 Å². The van der Waals surface area contributed by atoms with Crippen LogP contribution in [-0.2, 0) is 13.0 Å². The van der Waals surface area contributed by atoms with Gasteiger partial charge in [-0.05, 0) is 30.2 Å². The van der Waals surface area contributed by atoms with Gasteiger partial charge in [0.05, 0.1) is 0 Å². The highest BCUT2D eigenvalue weighted by Gasteiger charge is 2.39. The van der Waals surface area contributed by atoms with Gasteiger partial charge >= 0.3 is 0 Å². The van der Waals surface area contributed by atoms with E-state index in [2.05, 4.69) is 61.3 Å². The minimum Gasteiger partial charge on any atom is -0.356 e. The molecule has 1 aromatic heterocycles. The van der Waals surface area contributed by atoms with Gasteiger partial charge in [-0.2, -0.15) is 0 Å². The molecule has 28 heavy (non-hydrogen) atoms. The second-order valence-corrected chi connectivity index (χ2v) is 8.41. The van der Waals surface area contributed by atoms with E-state index >= 15 is 0 Å². The Balaban J connectivity index is 1.29. The van der Waals surface area contributed by atoms with Crippen LogP contribution in [0, 0.1) is 5.41 Å². The molecule has 2 fully saturated rings. The lowest BCUT2D eigenvalue weighted by molar-refractivity contribution is 0.203. The Kier molecular flexibility index (Phi) is 5.98. The largest absolute Gasteiger partial charge is 0.356 e. The van der Waals surface area contributed by atoms with Crippen molar-refractivity contribution in [2.75, 3.05) is 26.7 Å². The maximum Gasteiger partial charge on any atom is 0.193 e. The predicted octanol–water partition coefficient (Wildman–Crippen LogP) is 3.71. The lowest BCUT2D eigenvalue weighted by Crippen LogP contribution is -2.42. The normalized spacial score (nSPS) is 19.3. The van der Waals surface area contributed by atoms with Crippen LogP contribution in [0.3, 0.4) is 0 Å². The molecule has 5 heteroatoms. The van der Waals surface area contributed by atoms with Crippen LogP contribution in [0.4, 0.5) is 0 Å². The highest BCUT2D eigenvalue weighted by Crippen LogP contribution is 2.43. The molecule has 0 unspecified atom stereocenters. The van der Waals surface area contributed by atoms with Gasteiger partial charge in [0.1, 0.15) is 5.82 Å². The predicted molar refractivity (Wildman–Crippen MR) is 115 cm³/mol. The molecule has 0 radical (unpaired) electrons. The first-order chi connectivity index (χ1) is 13.8. The number of nitrogens with one attached hydrogen (secondary N) is 1. The molecule has 0 amide bonds. The highest BCUT2D eigenvalue weighted by molar-refractivity contribution is 5.80. The third kappa shape index (κ3) is 4.40. The van der Waals surface area contributed by atoms with E-state index in [1.165, 1.54) is 50.6 Å². The van der Waals surface area contributed by atoms with Crippen molar-refractivity contribution in [3.63, 3.8) is 0 Å². The zero-order valence-electron chi connectivity index (χ0n) is 17.1. The number of imidazole rings is 1. The van der Waals surface area contributed by atoms with Gasteiger partial charge in [0, 0.05) is 52.0 Å². The molecule has 1 spiro atoms. The molecule has 1 aliphatic carbocycles. The lowest BCUT2D eigenvalue weighted by Gasteiger charge is -2.33. The molecule has 5 nitrogen and oxygen atoms in total. The number of guanidine groups is 1. The standard InChI is InChI=1S/C23H33N5/c1-24-22(28-16-13-23(19-28)11-6-3-7-12-23)26-14-10-21-25-15-17-27(21)18-20-8-4-2-5-9-20/h2,4-5,8-9,15,17H,3,6-7,10-14,16,18-19H2,1H3,(H,24,26). The van der Waals surface area contributed by atoms with E-state index in [-0.39, 0.29) is 0 Å². The van der Waals surface area contributed by atoms with Crippen molar-refractivity contribution in [1.29, 1.82) is 0 Å². The van der Waals surface area contributed by atoms with Crippen LogP contribution in [0.2, 0.25) is 0 Å². The number of rotatable bonds is 5. The van der Waals surface area contributed by atoms with Gasteiger partial charge in [-0.15, -0.1) is 0 Å². The summed E-state index contributed by atoms with van der Waals surface area (Å²) in [7, 11) is 1.91. The molecule has 2 heterocycles. The molecule has 1 aromatic carbocycles. The molecule has 0 atom stereocenters. The van der Waals surface area contributed by atoms with E-state index in [0.29, 0.717) is 5.41 Å². The number of hydrogen-bond donors (Lipinski definition) is 1. The molecule has 150 valence electrons. The van der Waals surface area contributed by atoms with Crippen LogP contribution < -0.4 is 5.32 Å². The van der Waals surface area contributed by atoms with Gasteiger partial charge in [-0.3, -0.25) is 4.99 Å². The van der Waals surface area contributed by atoms with Crippen LogP contribution in [0.1, 0.15) is 49.9 Å². The zero-order valence-corrected chi connectivity index (χ0v) is 17.1. The topological polar surface area (TPSA) is 45.5 Å². The van der Waals surface area contributed by atoms with Gasteiger partial charge < -0.3 is 14.8 Å². The number of hydrogen-bond acceptors (Lipinski definition) is 2. The van der Waals surface area contributed by atoms with Crippen molar-refractivity contribution >= 4 is 5.96 Å². The van der Waals surface area contributed by atoms with Crippen LogP contribution in [-0.4, -0.2) is 47.1 Å². The maximum absolute atomic E-state index is 4.57. The van der Waals surface area contributed by atoms with E-state index in [4.69, 9.17) is 0 Å². The summed E-state index contributed by atoms with van der Waals surface area (Å²) in [6, 6.07) is 10.6. The van der Waals surface area contributed by atoms with Gasteiger partial charge in [0.2, 0.25) is 0 Å². The summed E-state index contributed by atoms with van der Waals surface area (Å²) < 4.78 is 2.24. The molecule has 1 saturated carbocycles. The number of aromatic nitrogens is 2. The monoisotopic (exact) mass is 379 g/mol. The first-order valence-electron chi connectivity index (χ1n) is 10.8. The van der Waals surface area contributed by atoms with Gasteiger partial charge in [0.25, 0.3) is 0 Å². The second kappa shape index (κ2) is 8.80. The Morgan fingerprint density at radius 2 is 1.96 bits per heavy atom. The maximum atomic E-state index is 4.57. The summed E-state index contributed by atoms with van der Waals surface area (Å²) >= 11 is 0. The summed E-state index contributed by atoms with van der Waals surface area (Å²) in [5, 5.41) is 3.59. The van der Waals surface area contributed by atoms with E-state index in [1.807, 2.05) is 13.2 Å². The van der Waals surface area contributed by atoms with E-state index < -0.39 is 0 Å². The summed E-state index contributed by atoms with van der Waals surface area (Å²) in [5.41, 5.74) is 1.86. The molecule has 2 aromatic rings. The Morgan fingerprint density at radius 1 is 1.14 bits per heavy atom. The average Bonchev–Trinajstić information content (AvgIpc) is 3.34. The Morgan fingerprint density at radius 3 is 2.75 bits per heavy atom. The summed E-state index contributed by atoms with van der Waals surface area (Å²) in [6.07, 6.45) is 13.2. The number of likely N-dealkylation sites (tertiary alicyclic amines) is 1. The van der Waals surface area contributed by atoms with Crippen molar-refractivity contribution < 1.29 is 0 Å². The minimum atomic E-state index is 0.557. The van der Waals surface area contributed by atoms with E-state index in [9.17, 15) is 0 Å². The Labute approximate surface area is 168 Å². The number of aliphatic imine (C=N–C) groups is 1. The molecule has 2 aliphatic rings. The highest BCUT2D eigenvalue weighted by atomic mass is 15.3. The molecular weight excluding hydrogens is 346 g/mol. The zero-order chi connectivity index (χ0) is 19.2. The minimum absolute atomic E-state index is 0.557. The SMILES string of the molecule is CN=C(NCCc1nccn1Cc1ccccc1)N1CCC2(CCCCC2)C1. The molecular formula is C23H33N5. The molecule has 1 aliphatic heterocycles. The Bertz CT molecular complexity index is 773. The van der Waals surface area contributed by atoms with E-state index in [1.54, 1.807) is 0 Å². The summed E-state index contributed by atoms with van der Waals surface area (Å²) in [6.45, 7) is 4.05. The molecule has 1 saturated heterocycles.